The number of nitrogens with one attached hydrogen (secondary N) is 4. The fourth-order valence-corrected chi connectivity index (χ4v) is 5.83. The normalized spacial score (nSPS) is 26.4. The lowest BCUT2D eigenvalue weighted by Crippen LogP contribution is -2.59. The SMILES string of the molecule is CCC[C@H](NC(=O)[C@@H]1CC2(CC(C(=O)NCC)=NO2)CN1C(=O)[C@@H](NC(=O)O[C@H]1CCOC1)C(C)(C)C)C(O)C(=O)NC1CC1. The van der Waals surface area contributed by atoms with Gasteiger partial charge in [-0.25, -0.2) is 4.79 Å². The zero-order chi connectivity index (χ0) is 32.9. The predicted molar refractivity (Wildman–Crippen MR) is 161 cm³/mol. The summed E-state index contributed by atoms with van der Waals surface area (Å²) in [5.41, 5.74) is -1.81. The Hall–Kier alpha value is -3.46. The lowest BCUT2D eigenvalue weighted by Gasteiger charge is -2.35. The summed E-state index contributed by atoms with van der Waals surface area (Å²) in [6, 6.07) is -3.07. The van der Waals surface area contributed by atoms with E-state index in [1.54, 1.807) is 27.7 Å². The summed E-state index contributed by atoms with van der Waals surface area (Å²) in [6.45, 7) is 10.0. The average molecular weight is 637 g/mol. The number of hydrogen-bond acceptors (Lipinski definition) is 10. The molecule has 0 bridgehead atoms. The number of alkyl carbamates (subject to hydrolysis) is 1. The van der Waals surface area contributed by atoms with Crippen LogP contribution in [0.3, 0.4) is 0 Å². The molecule has 5 amide bonds. The Morgan fingerprint density at radius 3 is 2.47 bits per heavy atom. The highest BCUT2D eigenvalue weighted by Crippen LogP contribution is 2.39. The number of carbonyl (C=O) groups excluding carboxylic acids is 5. The molecule has 3 heterocycles. The molecule has 0 radical (unpaired) electrons. The minimum Gasteiger partial charge on any atom is -0.444 e. The summed E-state index contributed by atoms with van der Waals surface area (Å²) in [4.78, 5) is 73.4. The van der Waals surface area contributed by atoms with Crippen LogP contribution >= 0.6 is 0 Å². The van der Waals surface area contributed by atoms with Crippen LogP contribution < -0.4 is 21.3 Å². The molecule has 0 aromatic heterocycles. The molecule has 6 atom stereocenters. The van der Waals surface area contributed by atoms with Gasteiger partial charge in [0.2, 0.25) is 11.8 Å². The van der Waals surface area contributed by atoms with E-state index in [0.717, 1.165) is 12.8 Å². The lowest BCUT2D eigenvalue weighted by molar-refractivity contribution is -0.143. The molecule has 252 valence electrons. The van der Waals surface area contributed by atoms with Crippen LogP contribution in [0, 0.1) is 5.41 Å². The smallest absolute Gasteiger partial charge is 0.408 e. The Morgan fingerprint density at radius 1 is 1.13 bits per heavy atom. The molecule has 4 rings (SSSR count). The Labute approximate surface area is 263 Å². The van der Waals surface area contributed by atoms with Crippen molar-refractivity contribution in [2.75, 3.05) is 26.3 Å². The maximum absolute atomic E-state index is 14.3. The minimum absolute atomic E-state index is 0.000904. The first-order chi connectivity index (χ1) is 21.3. The molecule has 0 aromatic rings. The van der Waals surface area contributed by atoms with Crippen LogP contribution in [0.2, 0.25) is 0 Å². The Balaban J connectivity index is 1.56. The number of likely N-dealkylation sites (tertiary alicyclic amines) is 1. The number of rotatable bonds is 12. The first kappa shape index (κ1) is 34.4. The van der Waals surface area contributed by atoms with Crippen molar-refractivity contribution in [3.05, 3.63) is 0 Å². The third-order valence-electron chi connectivity index (χ3n) is 8.46. The van der Waals surface area contributed by atoms with E-state index in [1.165, 1.54) is 4.90 Å². The third-order valence-corrected chi connectivity index (χ3v) is 8.46. The van der Waals surface area contributed by atoms with Crippen molar-refractivity contribution in [1.82, 2.24) is 26.2 Å². The second-order valence-electron chi connectivity index (χ2n) is 13.5. The molecule has 15 nitrogen and oxygen atoms in total. The first-order valence-corrected chi connectivity index (χ1v) is 15.9. The summed E-state index contributed by atoms with van der Waals surface area (Å²) in [6.07, 6.45) is 0.509. The van der Waals surface area contributed by atoms with Crippen molar-refractivity contribution in [2.45, 2.75) is 122 Å². The maximum atomic E-state index is 14.3. The highest BCUT2D eigenvalue weighted by molar-refractivity contribution is 6.39. The lowest BCUT2D eigenvalue weighted by atomic mass is 9.85. The maximum Gasteiger partial charge on any atom is 0.408 e. The number of hydrogen-bond donors (Lipinski definition) is 5. The molecule has 2 unspecified atom stereocenters. The van der Waals surface area contributed by atoms with Crippen LogP contribution in [-0.4, -0.2) is 114 Å². The molecular formula is C30H48N6O9. The van der Waals surface area contributed by atoms with Crippen molar-refractivity contribution in [3.8, 4) is 0 Å². The van der Waals surface area contributed by atoms with E-state index in [-0.39, 0.29) is 37.7 Å². The highest BCUT2D eigenvalue weighted by Gasteiger charge is 2.56. The molecule has 1 saturated carbocycles. The molecule has 15 heteroatoms. The fourth-order valence-electron chi connectivity index (χ4n) is 5.83. The van der Waals surface area contributed by atoms with Gasteiger partial charge in [-0.05, 0) is 31.6 Å². The number of ether oxygens (including phenoxy) is 2. The van der Waals surface area contributed by atoms with Crippen molar-refractivity contribution < 1.29 is 43.4 Å². The van der Waals surface area contributed by atoms with Crippen LogP contribution in [0.15, 0.2) is 5.16 Å². The van der Waals surface area contributed by atoms with Crippen LogP contribution in [0.1, 0.15) is 79.6 Å². The van der Waals surface area contributed by atoms with Crippen LogP contribution in [-0.2, 0) is 33.5 Å². The van der Waals surface area contributed by atoms with E-state index >= 15 is 0 Å². The molecule has 0 aromatic carbocycles. The molecule has 3 fully saturated rings. The summed E-state index contributed by atoms with van der Waals surface area (Å²) in [7, 11) is 0. The number of aliphatic hydroxyl groups excluding tert-OH is 1. The Bertz CT molecular complexity index is 1160. The van der Waals surface area contributed by atoms with E-state index in [2.05, 4.69) is 26.4 Å². The van der Waals surface area contributed by atoms with Crippen molar-refractivity contribution in [2.24, 2.45) is 10.6 Å². The van der Waals surface area contributed by atoms with Gasteiger partial charge in [-0.1, -0.05) is 39.3 Å². The molecule has 45 heavy (non-hydrogen) atoms. The molecule has 1 spiro atoms. The average Bonchev–Trinajstić information content (AvgIpc) is 3.34. The van der Waals surface area contributed by atoms with Gasteiger partial charge in [-0.3, -0.25) is 19.2 Å². The molecule has 4 aliphatic rings. The first-order valence-electron chi connectivity index (χ1n) is 15.9. The zero-order valence-electron chi connectivity index (χ0n) is 26.8. The van der Waals surface area contributed by atoms with E-state index in [0.29, 0.717) is 32.4 Å². The van der Waals surface area contributed by atoms with E-state index in [4.69, 9.17) is 14.3 Å². The van der Waals surface area contributed by atoms with Crippen LogP contribution in [0.5, 0.6) is 0 Å². The van der Waals surface area contributed by atoms with E-state index in [1.807, 2.05) is 6.92 Å². The third kappa shape index (κ3) is 8.63. The van der Waals surface area contributed by atoms with Gasteiger partial charge >= 0.3 is 6.09 Å². The number of nitrogens with zero attached hydrogens (tertiary/aromatic N) is 2. The second kappa shape index (κ2) is 14.3. The van der Waals surface area contributed by atoms with Crippen LogP contribution in [0.25, 0.3) is 0 Å². The Morgan fingerprint density at radius 2 is 1.87 bits per heavy atom. The molecule has 3 aliphatic heterocycles. The van der Waals surface area contributed by atoms with Gasteiger partial charge in [-0.2, -0.15) is 0 Å². The molecule has 1 aliphatic carbocycles. The number of aliphatic hydroxyl groups is 1. The minimum atomic E-state index is -1.48. The molecule has 2 saturated heterocycles. The fraction of sp³-hybridized carbons (Fsp3) is 0.800. The monoisotopic (exact) mass is 636 g/mol. The molecular weight excluding hydrogens is 588 g/mol. The second-order valence-corrected chi connectivity index (χ2v) is 13.5. The van der Waals surface area contributed by atoms with Gasteiger partial charge in [-0.15, -0.1) is 0 Å². The van der Waals surface area contributed by atoms with Crippen molar-refractivity contribution in [1.29, 1.82) is 0 Å². The van der Waals surface area contributed by atoms with Crippen LogP contribution in [0.4, 0.5) is 4.79 Å². The summed E-state index contributed by atoms with van der Waals surface area (Å²) >= 11 is 0. The van der Waals surface area contributed by atoms with Gasteiger partial charge in [0.1, 0.15) is 23.9 Å². The standard InChI is InChI=1S/C30H48N6O9/c1-6-8-19(22(37)26(40)32-17-9-10-17)33-25(39)21-14-30(13-20(35-45-30)24(38)31-7-2)16-36(21)27(41)23(29(3,4)5)34-28(42)44-18-11-12-43-15-18/h17-19,21-23,37H,6-16H2,1-5H3,(H,31,38)(H,32,40)(H,33,39)(H,34,42)/t18-,19-,21-,22?,23+,30?/m0/s1. The number of oxime groups is 1. The number of amides is 5. The van der Waals surface area contributed by atoms with Gasteiger partial charge < -0.3 is 45.6 Å². The highest BCUT2D eigenvalue weighted by atomic mass is 16.7. The van der Waals surface area contributed by atoms with Gasteiger partial charge in [0.05, 0.1) is 25.8 Å². The summed E-state index contributed by atoms with van der Waals surface area (Å²) < 4.78 is 10.7. The predicted octanol–water partition coefficient (Wildman–Crippen LogP) is 0.0927. The molecule has 5 N–H and O–H groups in total. The zero-order valence-corrected chi connectivity index (χ0v) is 26.8. The summed E-state index contributed by atoms with van der Waals surface area (Å²) in [5.74, 6) is -2.10. The van der Waals surface area contributed by atoms with Gasteiger partial charge in [0, 0.05) is 31.8 Å². The largest absolute Gasteiger partial charge is 0.444 e. The van der Waals surface area contributed by atoms with E-state index < -0.39 is 71.1 Å². The van der Waals surface area contributed by atoms with Gasteiger partial charge in [0.15, 0.2) is 11.7 Å². The van der Waals surface area contributed by atoms with E-state index in [9.17, 15) is 29.1 Å². The quantitative estimate of drug-likeness (QED) is 0.197. The van der Waals surface area contributed by atoms with Crippen molar-refractivity contribution >= 4 is 35.4 Å². The Kier molecular flexibility index (Phi) is 10.9. The topological polar surface area (TPSA) is 197 Å². The number of carbonyl (C=O) groups is 5. The van der Waals surface area contributed by atoms with Crippen molar-refractivity contribution in [3.63, 3.8) is 0 Å². The summed E-state index contributed by atoms with van der Waals surface area (Å²) in [5, 5.41) is 25.8. The van der Waals surface area contributed by atoms with Gasteiger partial charge in [0.25, 0.3) is 11.8 Å².